The highest BCUT2D eigenvalue weighted by Gasteiger charge is 2.45. The maximum Gasteiger partial charge on any atom is 0.432 e. The number of hydrogen-bond acceptors (Lipinski definition) is 3. The number of benzene rings is 2. The normalized spacial score (nSPS) is 18.0. The Morgan fingerprint density at radius 1 is 1.03 bits per heavy atom. The predicted octanol–water partition coefficient (Wildman–Crippen LogP) is 5.83. The molecular formula is C20H15F7N2OS. The molecule has 0 aliphatic carbocycles. The molecular weight excluding hydrogens is 449 g/mol. The number of rotatable bonds is 4. The smallest absolute Gasteiger partial charge is 0.364 e. The van der Waals surface area contributed by atoms with Crippen molar-refractivity contribution in [1.29, 1.82) is 0 Å². The molecule has 31 heavy (non-hydrogen) atoms. The van der Waals surface area contributed by atoms with Crippen LogP contribution in [0.15, 0.2) is 59.1 Å². The van der Waals surface area contributed by atoms with Gasteiger partial charge in [-0.3, -0.25) is 4.79 Å². The van der Waals surface area contributed by atoms with Crippen LogP contribution in [0.1, 0.15) is 35.0 Å². The minimum Gasteiger partial charge on any atom is -0.364 e. The second-order valence-electron chi connectivity index (χ2n) is 6.71. The highest BCUT2D eigenvalue weighted by Crippen LogP contribution is 2.45. The molecule has 0 radical (unpaired) electrons. The first-order valence-corrected chi connectivity index (χ1v) is 9.72. The summed E-state index contributed by atoms with van der Waals surface area (Å²) in [7, 11) is 0. The fraction of sp³-hybridized carbons (Fsp3) is 0.250. The Labute approximate surface area is 176 Å². The average Bonchev–Trinajstić information content (AvgIpc) is 3.14. The number of thioether (sulfide) groups is 1. The Balaban J connectivity index is 1.82. The van der Waals surface area contributed by atoms with Gasteiger partial charge in [0.2, 0.25) is 0 Å². The van der Waals surface area contributed by atoms with E-state index >= 15 is 0 Å². The Bertz CT molecular complexity index is 1000. The number of carbonyl (C=O) groups excluding carboxylic acids is 1. The van der Waals surface area contributed by atoms with Gasteiger partial charge in [-0.15, -0.1) is 0 Å². The molecule has 1 aliphatic rings. The van der Waals surface area contributed by atoms with Crippen LogP contribution in [0.2, 0.25) is 0 Å². The number of amides is 1. The summed E-state index contributed by atoms with van der Waals surface area (Å²) in [6, 6.07) is 7.93. The lowest BCUT2D eigenvalue weighted by Crippen LogP contribution is -2.31. The number of halogens is 7. The molecule has 2 aromatic rings. The van der Waals surface area contributed by atoms with Gasteiger partial charge in [0.1, 0.15) is 21.8 Å². The first kappa shape index (κ1) is 23.0. The van der Waals surface area contributed by atoms with E-state index in [0.29, 0.717) is 17.3 Å². The average molecular weight is 464 g/mol. The fourth-order valence-corrected chi connectivity index (χ4v) is 4.06. The van der Waals surface area contributed by atoms with E-state index in [1.807, 2.05) is 0 Å². The van der Waals surface area contributed by atoms with Gasteiger partial charge in [-0.25, -0.2) is 4.39 Å². The van der Waals surface area contributed by atoms with E-state index in [1.165, 1.54) is 25.1 Å². The molecule has 2 N–H and O–H groups in total. The quantitative estimate of drug-likeness (QED) is 0.560. The first-order chi connectivity index (χ1) is 14.4. The van der Waals surface area contributed by atoms with Crippen LogP contribution in [0.25, 0.3) is 0 Å². The van der Waals surface area contributed by atoms with Crippen LogP contribution >= 0.6 is 11.8 Å². The summed E-state index contributed by atoms with van der Waals surface area (Å²) in [4.78, 5) is 11.9. The van der Waals surface area contributed by atoms with Crippen molar-refractivity contribution in [2.75, 3.05) is 0 Å². The molecule has 1 amide bonds. The topological polar surface area (TPSA) is 41.1 Å². The molecule has 166 valence electrons. The molecule has 1 heterocycles. The van der Waals surface area contributed by atoms with Crippen molar-refractivity contribution >= 4 is 17.7 Å². The maximum absolute atomic E-state index is 13.5. The van der Waals surface area contributed by atoms with Crippen molar-refractivity contribution in [3.63, 3.8) is 0 Å². The number of allylic oxidation sites excluding steroid dienone is 1. The third kappa shape index (κ3) is 5.33. The minimum absolute atomic E-state index is 0.0865. The van der Waals surface area contributed by atoms with E-state index < -0.39 is 51.7 Å². The molecule has 3 nitrogen and oxygen atoms in total. The fourth-order valence-electron chi connectivity index (χ4n) is 2.90. The van der Waals surface area contributed by atoms with Crippen LogP contribution in [0.4, 0.5) is 30.7 Å². The summed E-state index contributed by atoms with van der Waals surface area (Å²) < 4.78 is 92.2. The van der Waals surface area contributed by atoms with Crippen molar-refractivity contribution < 1.29 is 35.5 Å². The van der Waals surface area contributed by atoms with Crippen molar-refractivity contribution in [3.05, 3.63) is 81.6 Å². The largest absolute Gasteiger partial charge is 0.432 e. The van der Waals surface area contributed by atoms with Crippen LogP contribution in [-0.2, 0) is 11.0 Å². The van der Waals surface area contributed by atoms with Gasteiger partial charge in [0.25, 0.3) is 5.91 Å². The third-order valence-corrected chi connectivity index (χ3v) is 5.71. The van der Waals surface area contributed by atoms with Gasteiger partial charge in [0, 0.05) is 0 Å². The third-order valence-electron chi connectivity index (χ3n) is 4.46. The molecule has 0 bridgehead atoms. The molecule has 2 unspecified atom stereocenters. The van der Waals surface area contributed by atoms with E-state index in [4.69, 9.17) is 0 Å². The zero-order valence-corrected chi connectivity index (χ0v) is 16.6. The predicted molar refractivity (Wildman–Crippen MR) is 101 cm³/mol. The molecule has 0 saturated heterocycles. The molecule has 2 atom stereocenters. The van der Waals surface area contributed by atoms with Crippen molar-refractivity contribution in [2.24, 2.45) is 0 Å². The van der Waals surface area contributed by atoms with Crippen molar-refractivity contribution in [2.45, 2.75) is 30.7 Å². The summed E-state index contributed by atoms with van der Waals surface area (Å²) in [6.45, 7) is 1.37. The summed E-state index contributed by atoms with van der Waals surface area (Å²) in [6.07, 6.45) is -9.47. The Hall–Kier alpha value is -2.69. The van der Waals surface area contributed by atoms with Crippen molar-refractivity contribution in [3.8, 4) is 0 Å². The van der Waals surface area contributed by atoms with E-state index in [0.717, 1.165) is 30.3 Å². The van der Waals surface area contributed by atoms with E-state index in [-0.39, 0.29) is 5.56 Å². The van der Waals surface area contributed by atoms with Gasteiger partial charge in [0.15, 0.2) is 0 Å². The summed E-state index contributed by atoms with van der Waals surface area (Å²) in [5.74, 6) is -1.65. The Morgan fingerprint density at radius 3 is 2.26 bits per heavy atom. The van der Waals surface area contributed by atoms with Crippen LogP contribution in [0.5, 0.6) is 0 Å². The lowest BCUT2D eigenvalue weighted by molar-refractivity contribution is -0.137. The zero-order valence-electron chi connectivity index (χ0n) is 15.7. The van der Waals surface area contributed by atoms with Crippen LogP contribution in [-0.4, -0.2) is 12.1 Å². The Kier molecular flexibility index (Phi) is 6.26. The number of carbonyl (C=O) groups is 1. The highest BCUT2D eigenvalue weighted by atomic mass is 32.2. The van der Waals surface area contributed by atoms with Crippen LogP contribution < -0.4 is 10.6 Å². The maximum atomic E-state index is 13.5. The van der Waals surface area contributed by atoms with E-state index in [2.05, 4.69) is 10.6 Å². The van der Waals surface area contributed by atoms with Gasteiger partial charge in [-0.05, 0) is 42.3 Å². The SMILES string of the molecule is CC(NC(=O)C1=C(C(F)(F)F)NC(c2ccc(F)cc2)S1)c1cccc(C(F)(F)F)c1. The van der Waals surface area contributed by atoms with E-state index in [9.17, 15) is 35.5 Å². The molecule has 0 saturated carbocycles. The first-order valence-electron chi connectivity index (χ1n) is 8.84. The lowest BCUT2D eigenvalue weighted by Gasteiger charge is -2.17. The number of hydrogen-bond donors (Lipinski definition) is 2. The van der Waals surface area contributed by atoms with Gasteiger partial charge >= 0.3 is 12.4 Å². The standard InChI is InChI=1S/C20H15F7N2OS/c1-10(12-3-2-4-13(9-12)19(22,23)24)28-17(30)15-16(20(25,26)27)29-18(31-15)11-5-7-14(21)8-6-11/h2-10,18,29H,1H3,(H,28,30). The molecule has 2 aromatic carbocycles. The second-order valence-corrected chi connectivity index (χ2v) is 7.83. The van der Waals surface area contributed by atoms with Gasteiger partial charge in [-0.1, -0.05) is 36.0 Å². The van der Waals surface area contributed by atoms with Gasteiger partial charge in [-0.2, -0.15) is 26.3 Å². The van der Waals surface area contributed by atoms with Crippen molar-refractivity contribution in [1.82, 2.24) is 10.6 Å². The van der Waals surface area contributed by atoms with E-state index in [1.54, 1.807) is 0 Å². The molecule has 3 rings (SSSR count). The molecule has 1 aliphatic heterocycles. The summed E-state index contributed by atoms with van der Waals surface area (Å²) in [5.41, 5.74) is -1.79. The molecule has 0 aromatic heterocycles. The second kappa shape index (κ2) is 8.45. The number of nitrogens with one attached hydrogen (secondary N) is 2. The monoisotopic (exact) mass is 464 g/mol. The van der Waals surface area contributed by atoms with Crippen LogP contribution in [0, 0.1) is 5.82 Å². The molecule has 0 spiro atoms. The molecule has 11 heteroatoms. The zero-order chi connectivity index (χ0) is 23.0. The summed E-state index contributed by atoms with van der Waals surface area (Å²) >= 11 is 0.591. The van der Waals surface area contributed by atoms with Crippen LogP contribution in [0.3, 0.4) is 0 Å². The Morgan fingerprint density at radius 2 is 1.68 bits per heavy atom. The molecule has 0 fully saturated rings. The number of alkyl halides is 6. The lowest BCUT2D eigenvalue weighted by atomic mass is 10.0. The minimum atomic E-state index is -4.87. The van der Waals surface area contributed by atoms with Gasteiger partial charge < -0.3 is 10.6 Å². The van der Waals surface area contributed by atoms with Gasteiger partial charge in [0.05, 0.1) is 11.6 Å². The summed E-state index contributed by atoms with van der Waals surface area (Å²) in [5, 5.41) is 3.56. The highest BCUT2D eigenvalue weighted by molar-refractivity contribution is 8.04.